The van der Waals surface area contributed by atoms with Crippen molar-refractivity contribution in [2.45, 2.75) is 32.2 Å². The van der Waals surface area contributed by atoms with Gasteiger partial charge in [0.25, 0.3) is 5.91 Å². The minimum absolute atomic E-state index is 0.0275. The predicted molar refractivity (Wildman–Crippen MR) is 65.7 cm³/mol. The summed E-state index contributed by atoms with van der Waals surface area (Å²) in [4.78, 5) is 11.8. The van der Waals surface area contributed by atoms with Crippen LogP contribution in [-0.4, -0.2) is 11.9 Å². The number of hydrogen-bond donors (Lipinski definition) is 1. The molecule has 2 atom stereocenters. The molecule has 1 fully saturated rings. The normalized spacial score (nSPS) is 22.3. The Morgan fingerprint density at radius 2 is 2.35 bits per heavy atom. The third-order valence-electron chi connectivity index (χ3n) is 3.07. The summed E-state index contributed by atoms with van der Waals surface area (Å²) >= 11 is 5.74. The third-order valence-corrected chi connectivity index (χ3v) is 3.31. The van der Waals surface area contributed by atoms with E-state index in [4.69, 9.17) is 11.6 Å². The Kier molecular flexibility index (Phi) is 3.67. The minimum atomic E-state index is -0.528. The molecule has 4 heteroatoms. The van der Waals surface area contributed by atoms with Crippen molar-refractivity contribution in [3.63, 3.8) is 0 Å². The third kappa shape index (κ3) is 2.97. The average molecular weight is 256 g/mol. The second kappa shape index (κ2) is 5.05. The van der Waals surface area contributed by atoms with Crippen molar-refractivity contribution in [1.82, 2.24) is 5.32 Å². The smallest absolute Gasteiger partial charge is 0.254 e. The summed E-state index contributed by atoms with van der Waals surface area (Å²) in [5.41, 5.74) is 0.0275. The molecule has 1 saturated carbocycles. The van der Waals surface area contributed by atoms with Gasteiger partial charge >= 0.3 is 0 Å². The van der Waals surface area contributed by atoms with Gasteiger partial charge in [-0.3, -0.25) is 4.79 Å². The first kappa shape index (κ1) is 12.4. The van der Waals surface area contributed by atoms with Crippen molar-refractivity contribution in [2.75, 3.05) is 0 Å². The minimum Gasteiger partial charge on any atom is -0.349 e. The molecular weight excluding hydrogens is 241 g/mol. The van der Waals surface area contributed by atoms with Gasteiger partial charge in [-0.2, -0.15) is 0 Å². The van der Waals surface area contributed by atoms with Gasteiger partial charge in [0, 0.05) is 11.1 Å². The van der Waals surface area contributed by atoms with E-state index in [1.807, 2.05) is 0 Å². The lowest BCUT2D eigenvalue weighted by atomic mass is 10.2. The molecule has 2 nitrogen and oxygen atoms in total. The van der Waals surface area contributed by atoms with E-state index in [1.165, 1.54) is 18.2 Å². The molecule has 1 aromatic carbocycles. The molecule has 17 heavy (non-hydrogen) atoms. The van der Waals surface area contributed by atoms with Crippen molar-refractivity contribution in [3.05, 3.63) is 34.6 Å². The Labute approximate surface area is 105 Å². The van der Waals surface area contributed by atoms with Crippen LogP contribution in [-0.2, 0) is 0 Å². The number of rotatable bonds is 4. The highest BCUT2D eigenvalue weighted by atomic mass is 35.5. The number of hydrogen-bond acceptors (Lipinski definition) is 1. The first-order valence-electron chi connectivity index (χ1n) is 5.87. The number of benzene rings is 1. The Bertz CT molecular complexity index is 435. The lowest BCUT2D eigenvalue weighted by Crippen LogP contribution is -2.27. The quantitative estimate of drug-likeness (QED) is 0.878. The Morgan fingerprint density at radius 1 is 1.59 bits per heavy atom. The lowest BCUT2D eigenvalue weighted by molar-refractivity contribution is 0.0945. The van der Waals surface area contributed by atoms with Crippen molar-refractivity contribution < 1.29 is 9.18 Å². The van der Waals surface area contributed by atoms with E-state index in [0.717, 1.165) is 19.3 Å². The highest BCUT2D eigenvalue weighted by molar-refractivity contribution is 6.31. The summed E-state index contributed by atoms with van der Waals surface area (Å²) in [5.74, 6) is -0.334. The number of amides is 1. The van der Waals surface area contributed by atoms with Crippen LogP contribution in [0, 0.1) is 11.7 Å². The van der Waals surface area contributed by atoms with Crippen molar-refractivity contribution >= 4 is 17.5 Å². The summed E-state index contributed by atoms with van der Waals surface area (Å²) in [5, 5.41) is 3.21. The van der Waals surface area contributed by atoms with Gasteiger partial charge in [-0.25, -0.2) is 4.39 Å². The molecule has 0 radical (unpaired) electrons. The molecule has 1 N–H and O–H groups in total. The van der Waals surface area contributed by atoms with Crippen LogP contribution in [0.25, 0.3) is 0 Å². The Morgan fingerprint density at radius 3 is 3.06 bits per heavy atom. The van der Waals surface area contributed by atoms with Gasteiger partial charge in [0.2, 0.25) is 0 Å². The maximum Gasteiger partial charge on any atom is 0.254 e. The molecule has 92 valence electrons. The van der Waals surface area contributed by atoms with Crippen molar-refractivity contribution in [2.24, 2.45) is 5.92 Å². The fraction of sp³-hybridized carbons (Fsp3) is 0.462. The maximum absolute atomic E-state index is 13.4. The van der Waals surface area contributed by atoms with Crippen LogP contribution in [0.5, 0.6) is 0 Å². The number of carbonyl (C=O) groups excluding carboxylic acids is 1. The highest BCUT2D eigenvalue weighted by Gasteiger charge is 2.37. The van der Waals surface area contributed by atoms with E-state index in [-0.39, 0.29) is 17.5 Å². The molecule has 0 aliphatic heterocycles. The largest absolute Gasteiger partial charge is 0.349 e. The zero-order valence-corrected chi connectivity index (χ0v) is 10.4. The van der Waals surface area contributed by atoms with Gasteiger partial charge in [-0.1, -0.05) is 24.9 Å². The SMILES string of the molecule is CCCC1CC1NC(=O)c1cc(Cl)ccc1F. The van der Waals surface area contributed by atoms with Gasteiger partial charge in [0.05, 0.1) is 5.56 Å². The van der Waals surface area contributed by atoms with E-state index in [9.17, 15) is 9.18 Å². The standard InChI is InChI=1S/C13H15ClFNO/c1-2-3-8-6-12(8)16-13(17)10-7-9(14)4-5-11(10)15/h4-5,7-8,12H,2-3,6H2,1H3,(H,16,17). The molecule has 0 heterocycles. The molecule has 1 aliphatic carbocycles. The van der Waals surface area contributed by atoms with Crippen LogP contribution in [0.4, 0.5) is 4.39 Å². The summed E-state index contributed by atoms with van der Waals surface area (Å²) in [6.45, 7) is 2.12. The Hall–Kier alpha value is -1.09. The van der Waals surface area contributed by atoms with Crippen molar-refractivity contribution in [3.8, 4) is 0 Å². The summed E-state index contributed by atoms with van der Waals surface area (Å²) in [6, 6.07) is 4.22. The van der Waals surface area contributed by atoms with Gasteiger partial charge in [0.1, 0.15) is 5.82 Å². The summed E-state index contributed by atoms with van der Waals surface area (Å²) in [6.07, 6.45) is 3.23. The number of nitrogens with one attached hydrogen (secondary N) is 1. The van der Waals surface area contributed by atoms with Crippen LogP contribution >= 0.6 is 11.6 Å². The predicted octanol–water partition coefficient (Wildman–Crippen LogP) is 3.40. The van der Waals surface area contributed by atoms with E-state index in [1.54, 1.807) is 0 Å². The van der Waals surface area contributed by atoms with Gasteiger partial charge in [-0.15, -0.1) is 0 Å². The number of carbonyl (C=O) groups is 1. The fourth-order valence-corrected chi connectivity index (χ4v) is 2.20. The van der Waals surface area contributed by atoms with Crippen LogP contribution < -0.4 is 5.32 Å². The zero-order valence-electron chi connectivity index (χ0n) is 9.67. The van der Waals surface area contributed by atoms with E-state index in [0.29, 0.717) is 10.9 Å². The van der Waals surface area contributed by atoms with Crippen molar-refractivity contribution in [1.29, 1.82) is 0 Å². The highest BCUT2D eigenvalue weighted by Crippen LogP contribution is 2.34. The first-order valence-corrected chi connectivity index (χ1v) is 6.25. The van der Waals surface area contributed by atoms with Crippen LogP contribution in [0.2, 0.25) is 5.02 Å². The van der Waals surface area contributed by atoms with Crippen LogP contribution in [0.15, 0.2) is 18.2 Å². The second-order valence-corrected chi connectivity index (χ2v) is 4.93. The Balaban J connectivity index is 1.98. The average Bonchev–Trinajstić information content (AvgIpc) is 3.00. The number of halogens is 2. The zero-order chi connectivity index (χ0) is 12.4. The molecule has 1 amide bonds. The summed E-state index contributed by atoms with van der Waals surface area (Å²) in [7, 11) is 0. The van der Waals surface area contributed by atoms with Gasteiger partial charge in [0.15, 0.2) is 0 Å². The first-order chi connectivity index (χ1) is 8.11. The monoisotopic (exact) mass is 255 g/mol. The lowest BCUT2D eigenvalue weighted by Gasteiger charge is -2.06. The molecule has 1 aliphatic rings. The van der Waals surface area contributed by atoms with Crippen LogP contribution in [0.1, 0.15) is 36.5 Å². The van der Waals surface area contributed by atoms with E-state index < -0.39 is 5.82 Å². The molecule has 0 saturated heterocycles. The van der Waals surface area contributed by atoms with Gasteiger partial charge in [-0.05, 0) is 37.0 Å². The molecule has 0 aromatic heterocycles. The summed E-state index contributed by atoms with van der Waals surface area (Å²) < 4.78 is 13.4. The van der Waals surface area contributed by atoms with E-state index in [2.05, 4.69) is 12.2 Å². The van der Waals surface area contributed by atoms with Crippen LogP contribution in [0.3, 0.4) is 0 Å². The van der Waals surface area contributed by atoms with E-state index >= 15 is 0 Å². The molecule has 0 spiro atoms. The van der Waals surface area contributed by atoms with Gasteiger partial charge < -0.3 is 5.32 Å². The molecular formula is C13H15ClFNO. The molecule has 2 unspecified atom stereocenters. The maximum atomic E-state index is 13.4. The molecule has 0 bridgehead atoms. The fourth-order valence-electron chi connectivity index (χ4n) is 2.03. The topological polar surface area (TPSA) is 29.1 Å². The second-order valence-electron chi connectivity index (χ2n) is 4.49. The molecule has 1 aromatic rings. The molecule has 2 rings (SSSR count).